The third-order valence-electron chi connectivity index (χ3n) is 0.771. The summed E-state index contributed by atoms with van der Waals surface area (Å²) >= 11 is 5.47. The van der Waals surface area contributed by atoms with Crippen LogP contribution in [0.3, 0.4) is 0 Å². The first-order valence-corrected chi connectivity index (χ1v) is 2.08. The molecule has 1 aliphatic rings. The van der Waals surface area contributed by atoms with E-state index in [1.54, 1.807) is 6.92 Å². The fourth-order valence-corrected chi connectivity index (χ4v) is 0.299. The summed E-state index contributed by atoms with van der Waals surface area (Å²) < 4.78 is 4.68. The maximum absolute atomic E-state index is 5.47. The average Bonchev–Trinajstić information content (AvgIpc) is 1.73. The molecule has 1 rings (SSSR count). The average molecular weight is 105 g/mol. The fraction of sp³-hybridized carbons (Fsp3) is 0.500. The van der Waals surface area contributed by atoms with E-state index in [9.17, 15) is 0 Å². The highest BCUT2D eigenvalue weighted by Crippen LogP contribution is 2.42. The smallest absolute Gasteiger partial charge is 0.235 e. The minimum atomic E-state index is -0.514. The summed E-state index contributed by atoms with van der Waals surface area (Å²) in [7, 11) is 0. The Morgan fingerprint density at radius 2 is 2.17 bits per heavy atom. The van der Waals surface area contributed by atoms with E-state index in [-0.39, 0.29) is 0 Å². The predicted molar refractivity (Wildman–Crippen MR) is 24.5 cm³/mol. The zero-order valence-electron chi connectivity index (χ0n) is 3.49. The maximum Gasteiger partial charge on any atom is 0.235 e. The number of hydrogen-bond acceptors (Lipinski definition) is 1. The van der Waals surface area contributed by atoms with Crippen LogP contribution in [0.5, 0.6) is 0 Å². The highest BCUT2D eigenvalue weighted by Gasteiger charge is 2.43. The molecule has 0 amide bonds. The number of rotatable bonds is 0. The Kier molecular flexibility index (Phi) is 0.489. The van der Waals surface area contributed by atoms with Crippen molar-refractivity contribution < 1.29 is 4.74 Å². The minimum Gasteiger partial charge on any atom is -0.464 e. The van der Waals surface area contributed by atoms with Gasteiger partial charge in [-0.05, 0) is 6.92 Å². The lowest BCUT2D eigenvalue weighted by Crippen LogP contribution is -1.83. The molecular weight excluding hydrogens is 99.5 g/mol. The van der Waals surface area contributed by atoms with Gasteiger partial charge in [0.25, 0.3) is 0 Å². The van der Waals surface area contributed by atoms with Crippen LogP contribution in [0.1, 0.15) is 6.92 Å². The van der Waals surface area contributed by atoms with Gasteiger partial charge in [0, 0.05) is 0 Å². The number of hydrogen-bond donors (Lipinski definition) is 0. The van der Waals surface area contributed by atoms with Crippen molar-refractivity contribution in [1.82, 2.24) is 0 Å². The molecule has 1 atom stereocenters. The first kappa shape index (κ1) is 4.00. The second-order valence-electron chi connectivity index (χ2n) is 1.44. The fourth-order valence-electron chi connectivity index (χ4n) is 0.206. The Labute approximate surface area is 41.6 Å². The molecule has 1 unspecified atom stereocenters. The molecule has 0 saturated carbocycles. The summed E-state index contributed by atoms with van der Waals surface area (Å²) in [5, 5.41) is -0.514. The highest BCUT2D eigenvalue weighted by atomic mass is 35.5. The normalized spacial score (nSPS) is 42.0. The molecule has 34 valence electrons. The van der Waals surface area contributed by atoms with Crippen LogP contribution in [0.25, 0.3) is 0 Å². The summed E-state index contributed by atoms with van der Waals surface area (Å²) in [6.07, 6.45) is 0. The molecule has 1 nitrogen and oxygen atoms in total. The molecule has 0 bridgehead atoms. The van der Waals surface area contributed by atoms with Gasteiger partial charge in [-0.15, -0.1) is 0 Å². The van der Waals surface area contributed by atoms with Crippen LogP contribution in [0.15, 0.2) is 12.3 Å². The maximum atomic E-state index is 5.47. The van der Waals surface area contributed by atoms with Crippen molar-refractivity contribution in [3.05, 3.63) is 12.3 Å². The topological polar surface area (TPSA) is 12.5 Å². The van der Waals surface area contributed by atoms with Crippen LogP contribution in [-0.4, -0.2) is 5.06 Å². The summed E-state index contributed by atoms with van der Waals surface area (Å²) in [4.78, 5) is 0. The first-order valence-electron chi connectivity index (χ1n) is 1.70. The van der Waals surface area contributed by atoms with E-state index >= 15 is 0 Å². The summed E-state index contributed by atoms with van der Waals surface area (Å²) in [5.41, 5.74) is 0. The zero-order chi connectivity index (χ0) is 4.78. The van der Waals surface area contributed by atoms with E-state index in [2.05, 4.69) is 11.3 Å². The van der Waals surface area contributed by atoms with Crippen molar-refractivity contribution in [2.75, 3.05) is 0 Å². The van der Waals surface area contributed by atoms with E-state index in [0.29, 0.717) is 5.76 Å². The number of alkyl halides is 1. The SMILES string of the molecule is C=C1OC1(C)Cl. The molecule has 0 N–H and O–H groups in total. The molecule has 0 aromatic carbocycles. The third-order valence-corrected chi connectivity index (χ3v) is 1.06. The number of ether oxygens (including phenoxy) is 1. The third kappa shape index (κ3) is 0.393. The molecule has 0 aliphatic carbocycles. The minimum absolute atomic E-state index is 0.514. The molecular formula is C4H5ClO. The second-order valence-corrected chi connectivity index (χ2v) is 2.16. The van der Waals surface area contributed by atoms with Gasteiger partial charge in [0.1, 0.15) is 0 Å². The molecule has 6 heavy (non-hydrogen) atoms. The Balaban J connectivity index is 2.63. The second kappa shape index (κ2) is 0.733. The van der Waals surface area contributed by atoms with Gasteiger partial charge >= 0.3 is 0 Å². The predicted octanol–water partition coefficient (Wildman–Crippen LogP) is 1.49. The lowest BCUT2D eigenvalue weighted by atomic mass is 10.5. The van der Waals surface area contributed by atoms with Gasteiger partial charge in [-0.2, -0.15) is 0 Å². The lowest BCUT2D eigenvalue weighted by molar-refractivity contribution is 0.414. The number of epoxide rings is 1. The molecule has 1 saturated heterocycles. The standard InChI is InChI=1S/C4H5ClO/c1-3-4(2,5)6-3/h1H2,2H3. The van der Waals surface area contributed by atoms with Crippen LogP contribution in [0.2, 0.25) is 0 Å². The molecule has 0 spiro atoms. The van der Waals surface area contributed by atoms with Gasteiger partial charge in [-0.3, -0.25) is 0 Å². The van der Waals surface area contributed by atoms with Crippen LogP contribution >= 0.6 is 11.6 Å². The molecule has 0 aromatic rings. The van der Waals surface area contributed by atoms with Crippen LogP contribution in [0.4, 0.5) is 0 Å². The van der Waals surface area contributed by atoms with Gasteiger partial charge in [0.2, 0.25) is 5.06 Å². The van der Waals surface area contributed by atoms with E-state index < -0.39 is 5.06 Å². The molecule has 2 heteroatoms. The van der Waals surface area contributed by atoms with Gasteiger partial charge in [0.15, 0.2) is 5.76 Å². The lowest BCUT2D eigenvalue weighted by Gasteiger charge is -1.76. The molecule has 1 heterocycles. The molecule has 1 aliphatic heterocycles. The monoisotopic (exact) mass is 104 g/mol. The molecule has 1 fully saturated rings. The Morgan fingerprint density at radius 1 is 2.00 bits per heavy atom. The first-order chi connectivity index (χ1) is 2.63. The highest BCUT2D eigenvalue weighted by molar-refractivity contribution is 6.26. The van der Waals surface area contributed by atoms with E-state index in [0.717, 1.165) is 0 Å². The van der Waals surface area contributed by atoms with E-state index in [1.807, 2.05) is 0 Å². The Bertz CT molecular complexity index is 95.7. The van der Waals surface area contributed by atoms with Crippen molar-refractivity contribution in [3.8, 4) is 0 Å². The van der Waals surface area contributed by atoms with Gasteiger partial charge < -0.3 is 4.74 Å². The van der Waals surface area contributed by atoms with Crippen molar-refractivity contribution in [2.24, 2.45) is 0 Å². The van der Waals surface area contributed by atoms with Crippen molar-refractivity contribution in [2.45, 2.75) is 12.0 Å². The van der Waals surface area contributed by atoms with Gasteiger partial charge in [0.05, 0.1) is 0 Å². The van der Waals surface area contributed by atoms with E-state index in [4.69, 9.17) is 11.6 Å². The largest absolute Gasteiger partial charge is 0.464 e. The number of halogens is 1. The Morgan fingerprint density at radius 3 is 2.17 bits per heavy atom. The van der Waals surface area contributed by atoms with Gasteiger partial charge in [-0.1, -0.05) is 18.2 Å². The molecule has 0 radical (unpaired) electrons. The van der Waals surface area contributed by atoms with E-state index in [1.165, 1.54) is 0 Å². The van der Waals surface area contributed by atoms with Crippen LogP contribution in [0, 0.1) is 0 Å². The quantitative estimate of drug-likeness (QED) is 0.335. The van der Waals surface area contributed by atoms with Gasteiger partial charge in [-0.25, -0.2) is 0 Å². The van der Waals surface area contributed by atoms with Crippen molar-refractivity contribution in [1.29, 1.82) is 0 Å². The van der Waals surface area contributed by atoms with Crippen molar-refractivity contribution in [3.63, 3.8) is 0 Å². The Hall–Kier alpha value is -0.170. The van der Waals surface area contributed by atoms with Crippen LogP contribution < -0.4 is 0 Å². The zero-order valence-corrected chi connectivity index (χ0v) is 4.25. The molecule has 0 aromatic heterocycles. The summed E-state index contributed by atoms with van der Waals surface area (Å²) in [5.74, 6) is 0.671. The summed E-state index contributed by atoms with van der Waals surface area (Å²) in [6, 6.07) is 0. The summed E-state index contributed by atoms with van der Waals surface area (Å²) in [6.45, 7) is 5.23. The van der Waals surface area contributed by atoms with Crippen LogP contribution in [-0.2, 0) is 4.74 Å². The van der Waals surface area contributed by atoms with Crippen molar-refractivity contribution >= 4 is 11.6 Å².